The van der Waals surface area contributed by atoms with Crippen molar-refractivity contribution in [3.05, 3.63) is 107 Å². The number of amides is 1. The zero-order chi connectivity index (χ0) is 25.9. The van der Waals surface area contributed by atoms with Gasteiger partial charge in [-0.2, -0.15) is 5.10 Å². The highest BCUT2D eigenvalue weighted by molar-refractivity contribution is 8.26. The van der Waals surface area contributed by atoms with Gasteiger partial charge in [-0.1, -0.05) is 72.0 Å². The van der Waals surface area contributed by atoms with Gasteiger partial charge in [0.15, 0.2) is 0 Å². The fraction of sp³-hybridized carbons (Fsp3) is 0.167. The molecule has 1 amide bonds. The Balaban J connectivity index is 1.45. The predicted octanol–water partition coefficient (Wildman–Crippen LogP) is 7.04. The molecule has 7 heteroatoms. The highest BCUT2D eigenvalue weighted by atomic mass is 32.2. The van der Waals surface area contributed by atoms with Crippen LogP contribution in [0.3, 0.4) is 0 Å². The first-order valence-corrected chi connectivity index (χ1v) is 13.3. The third kappa shape index (κ3) is 5.53. The molecule has 2 heterocycles. The molecule has 0 atom stereocenters. The van der Waals surface area contributed by atoms with Crippen molar-refractivity contribution in [1.82, 2.24) is 14.7 Å². The monoisotopic (exact) mass is 525 g/mol. The molecule has 4 aromatic rings. The van der Waals surface area contributed by atoms with Crippen molar-refractivity contribution in [2.75, 3.05) is 0 Å². The van der Waals surface area contributed by atoms with E-state index in [1.807, 2.05) is 85.4 Å². The molecule has 3 aromatic carbocycles. The second-order valence-corrected chi connectivity index (χ2v) is 10.8. The number of aromatic nitrogens is 2. The van der Waals surface area contributed by atoms with E-state index in [4.69, 9.17) is 22.1 Å². The molecule has 5 rings (SSSR count). The van der Waals surface area contributed by atoms with Crippen molar-refractivity contribution in [2.24, 2.45) is 0 Å². The third-order valence-electron chi connectivity index (χ3n) is 6.04. The summed E-state index contributed by atoms with van der Waals surface area (Å²) in [5.74, 6) is 0.717. The summed E-state index contributed by atoms with van der Waals surface area (Å²) in [5.41, 5.74) is 5.85. The molecule has 5 nitrogen and oxygen atoms in total. The molecule has 1 aromatic heterocycles. The summed E-state index contributed by atoms with van der Waals surface area (Å²) in [5, 5.41) is 4.89. The Hall–Kier alpha value is -3.68. The van der Waals surface area contributed by atoms with Crippen LogP contribution >= 0.6 is 24.0 Å². The number of benzene rings is 3. The highest BCUT2D eigenvalue weighted by Gasteiger charge is 2.34. The van der Waals surface area contributed by atoms with Gasteiger partial charge in [-0.15, -0.1) is 0 Å². The van der Waals surface area contributed by atoms with Gasteiger partial charge in [0.2, 0.25) is 0 Å². The molecule has 0 aliphatic carbocycles. The maximum atomic E-state index is 13.0. The van der Waals surface area contributed by atoms with Crippen LogP contribution in [-0.2, 0) is 11.4 Å². The van der Waals surface area contributed by atoms with Crippen LogP contribution in [0.4, 0.5) is 0 Å². The standard InChI is InChI=1S/C30H27N3O2S2/c1-20(2)33-29(34)27(37-30(33)36)17-24-18-32(25-7-5-4-6-8-25)31-28(24)23-13-15-26(16-14-23)35-19-22-11-9-21(3)10-12-22/h4-18,20H,19H2,1-3H3/b27-17-. The number of rotatable bonds is 7. The number of hydrogen-bond donors (Lipinski definition) is 0. The number of aryl methyl sites for hydroxylation is 1. The molecule has 1 aliphatic rings. The lowest BCUT2D eigenvalue weighted by Gasteiger charge is -2.18. The summed E-state index contributed by atoms with van der Waals surface area (Å²) in [6.07, 6.45) is 3.85. The van der Waals surface area contributed by atoms with Crippen LogP contribution < -0.4 is 4.74 Å². The molecule has 186 valence electrons. The van der Waals surface area contributed by atoms with Gasteiger partial charge < -0.3 is 4.74 Å². The van der Waals surface area contributed by atoms with Crippen molar-refractivity contribution in [3.63, 3.8) is 0 Å². The van der Waals surface area contributed by atoms with Crippen LogP contribution in [0.1, 0.15) is 30.5 Å². The van der Waals surface area contributed by atoms with Gasteiger partial charge in [-0.05, 0) is 68.8 Å². The van der Waals surface area contributed by atoms with Gasteiger partial charge in [0.25, 0.3) is 5.91 Å². The van der Waals surface area contributed by atoms with Crippen molar-refractivity contribution < 1.29 is 9.53 Å². The zero-order valence-corrected chi connectivity index (χ0v) is 22.6. The Bertz CT molecular complexity index is 1460. The lowest BCUT2D eigenvalue weighted by atomic mass is 10.1. The topological polar surface area (TPSA) is 47.4 Å². The van der Waals surface area contributed by atoms with E-state index in [-0.39, 0.29) is 11.9 Å². The Kier molecular flexibility index (Phi) is 7.26. The van der Waals surface area contributed by atoms with Gasteiger partial charge in [0, 0.05) is 23.4 Å². The molecule has 1 aliphatic heterocycles. The summed E-state index contributed by atoms with van der Waals surface area (Å²) in [4.78, 5) is 15.3. The molecule has 0 unspecified atom stereocenters. The molecular weight excluding hydrogens is 498 g/mol. The number of thioether (sulfide) groups is 1. The van der Waals surface area contributed by atoms with Crippen molar-refractivity contribution in [2.45, 2.75) is 33.4 Å². The van der Waals surface area contributed by atoms with Gasteiger partial charge in [-0.3, -0.25) is 9.69 Å². The maximum Gasteiger partial charge on any atom is 0.266 e. The van der Waals surface area contributed by atoms with E-state index in [2.05, 4.69) is 31.2 Å². The summed E-state index contributed by atoms with van der Waals surface area (Å²) < 4.78 is 8.41. The van der Waals surface area contributed by atoms with E-state index < -0.39 is 0 Å². The second-order valence-electron chi connectivity index (χ2n) is 9.16. The number of hydrogen-bond acceptors (Lipinski definition) is 5. The summed E-state index contributed by atoms with van der Waals surface area (Å²) in [6, 6.07) is 26.2. The minimum Gasteiger partial charge on any atom is -0.489 e. The molecule has 0 spiro atoms. The van der Waals surface area contributed by atoms with Gasteiger partial charge >= 0.3 is 0 Å². The van der Waals surface area contributed by atoms with Crippen LogP contribution in [0, 0.1) is 6.92 Å². The first-order chi connectivity index (χ1) is 17.9. The van der Waals surface area contributed by atoms with Crippen molar-refractivity contribution in [3.8, 4) is 22.7 Å². The highest BCUT2D eigenvalue weighted by Crippen LogP contribution is 2.36. The van der Waals surface area contributed by atoms with E-state index in [0.717, 1.165) is 33.8 Å². The van der Waals surface area contributed by atoms with Crippen LogP contribution in [0.15, 0.2) is 90.0 Å². The predicted molar refractivity (Wildman–Crippen MR) is 155 cm³/mol. The van der Waals surface area contributed by atoms with E-state index in [0.29, 0.717) is 15.8 Å². The fourth-order valence-corrected chi connectivity index (χ4v) is 5.57. The number of para-hydroxylation sites is 1. The maximum absolute atomic E-state index is 13.0. The third-order valence-corrected chi connectivity index (χ3v) is 7.37. The zero-order valence-electron chi connectivity index (χ0n) is 20.9. The first kappa shape index (κ1) is 25.0. The smallest absolute Gasteiger partial charge is 0.266 e. The van der Waals surface area contributed by atoms with Gasteiger partial charge in [-0.25, -0.2) is 4.68 Å². The van der Waals surface area contributed by atoms with E-state index in [1.165, 1.54) is 17.3 Å². The average Bonchev–Trinajstić information content (AvgIpc) is 3.44. The van der Waals surface area contributed by atoms with Gasteiger partial charge in [0.05, 0.1) is 16.3 Å². The molecule has 0 N–H and O–H groups in total. The number of ether oxygens (including phenoxy) is 1. The first-order valence-electron chi connectivity index (χ1n) is 12.1. The molecule has 37 heavy (non-hydrogen) atoms. The minimum absolute atomic E-state index is 0.0115. The quantitative estimate of drug-likeness (QED) is 0.191. The van der Waals surface area contributed by atoms with E-state index in [9.17, 15) is 4.79 Å². The summed E-state index contributed by atoms with van der Waals surface area (Å²) in [7, 11) is 0. The van der Waals surface area contributed by atoms with E-state index in [1.54, 1.807) is 4.90 Å². The van der Waals surface area contributed by atoms with Crippen molar-refractivity contribution in [1.29, 1.82) is 0 Å². The largest absolute Gasteiger partial charge is 0.489 e. The van der Waals surface area contributed by atoms with E-state index >= 15 is 0 Å². The normalized spacial score (nSPS) is 14.7. The summed E-state index contributed by atoms with van der Waals surface area (Å²) >= 11 is 6.80. The summed E-state index contributed by atoms with van der Waals surface area (Å²) in [6.45, 7) is 6.51. The molecule has 0 saturated carbocycles. The van der Waals surface area contributed by atoms with Crippen LogP contribution in [-0.4, -0.2) is 30.9 Å². The Morgan fingerprint density at radius 2 is 1.70 bits per heavy atom. The Morgan fingerprint density at radius 1 is 1.00 bits per heavy atom. The number of carbonyl (C=O) groups is 1. The molecule has 1 saturated heterocycles. The molecular formula is C30H27N3O2S2. The lowest BCUT2D eigenvalue weighted by molar-refractivity contribution is -0.123. The average molecular weight is 526 g/mol. The SMILES string of the molecule is Cc1ccc(COc2ccc(-c3nn(-c4ccccc4)cc3/C=C3\SC(=S)N(C(C)C)C3=O)cc2)cc1. The fourth-order valence-electron chi connectivity index (χ4n) is 4.06. The number of nitrogens with zero attached hydrogens (tertiary/aromatic N) is 3. The van der Waals surface area contributed by atoms with Crippen LogP contribution in [0.2, 0.25) is 0 Å². The Morgan fingerprint density at radius 3 is 2.35 bits per heavy atom. The van der Waals surface area contributed by atoms with Crippen LogP contribution in [0.5, 0.6) is 5.75 Å². The Labute approximate surface area is 226 Å². The van der Waals surface area contributed by atoms with Crippen LogP contribution in [0.25, 0.3) is 23.0 Å². The number of thiocarbonyl (C=S) groups is 1. The van der Waals surface area contributed by atoms with Crippen molar-refractivity contribution >= 4 is 40.3 Å². The molecule has 1 fully saturated rings. The second kappa shape index (κ2) is 10.7. The number of carbonyl (C=O) groups excluding carboxylic acids is 1. The molecule has 0 bridgehead atoms. The van der Waals surface area contributed by atoms with Gasteiger partial charge in [0.1, 0.15) is 16.7 Å². The lowest BCUT2D eigenvalue weighted by Crippen LogP contribution is -2.34. The minimum atomic E-state index is -0.0664. The molecule has 0 radical (unpaired) electrons.